The van der Waals surface area contributed by atoms with Gasteiger partial charge in [-0.3, -0.25) is 4.90 Å². The maximum atomic E-state index is 12.7. The lowest BCUT2D eigenvalue weighted by molar-refractivity contribution is -0.186. The average Bonchev–Trinajstić information content (AvgIpc) is 3.26. The summed E-state index contributed by atoms with van der Waals surface area (Å²) < 4.78 is 51.0. The van der Waals surface area contributed by atoms with Gasteiger partial charge >= 0.3 is 6.18 Å². The van der Waals surface area contributed by atoms with E-state index in [0.29, 0.717) is 31.3 Å². The van der Waals surface area contributed by atoms with Gasteiger partial charge in [0.05, 0.1) is 31.0 Å². The lowest BCUT2D eigenvalue weighted by Gasteiger charge is -2.37. The first-order valence-electron chi connectivity index (χ1n) is 8.40. The van der Waals surface area contributed by atoms with Gasteiger partial charge < -0.3 is 9.47 Å². The molecule has 4 rings (SSSR count). The summed E-state index contributed by atoms with van der Waals surface area (Å²) in [6.07, 6.45) is -2.82. The molecule has 1 spiro atoms. The highest BCUT2D eigenvalue weighted by Crippen LogP contribution is 2.32. The molecule has 2 aliphatic heterocycles. The Hall–Kier alpha value is -2.04. The third-order valence-corrected chi connectivity index (χ3v) is 4.77. The summed E-state index contributed by atoms with van der Waals surface area (Å²) in [5, 5.41) is 11.6. The predicted octanol–water partition coefficient (Wildman–Crippen LogP) is 2.02. The number of halogens is 3. The Bertz CT molecular complexity index is 746. The van der Waals surface area contributed by atoms with Crippen LogP contribution in [-0.4, -0.2) is 57.2 Å². The normalized spacial score (nSPS) is 20.7. The summed E-state index contributed by atoms with van der Waals surface area (Å²) >= 11 is 0. The van der Waals surface area contributed by atoms with Crippen LogP contribution in [0.15, 0.2) is 24.3 Å². The molecule has 3 heterocycles. The molecule has 1 aromatic heterocycles. The first-order valence-corrected chi connectivity index (χ1v) is 8.40. The van der Waals surface area contributed by atoms with Gasteiger partial charge in [-0.15, -0.1) is 5.10 Å². The van der Waals surface area contributed by atoms with Crippen molar-refractivity contribution in [3.8, 4) is 5.69 Å². The quantitative estimate of drug-likeness (QED) is 0.825. The fourth-order valence-corrected chi connectivity index (χ4v) is 3.33. The minimum atomic E-state index is -4.36. The number of rotatable bonds is 3. The molecule has 1 aromatic carbocycles. The smallest absolute Gasteiger partial charge is 0.347 e. The summed E-state index contributed by atoms with van der Waals surface area (Å²) in [6, 6.07) is 4.79. The Morgan fingerprint density at radius 3 is 2.31 bits per heavy atom. The highest BCUT2D eigenvalue weighted by molar-refractivity contribution is 5.35. The number of hydrogen-bond donors (Lipinski definition) is 0. The van der Waals surface area contributed by atoms with E-state index in [4.69, 9.17) is 9.47 Å². The van der Waals surface area contributed by atoms with Gasteiger partial charge in [-0.2, -0.15) is 17.9 Å². The molecule has 2 fully saturated rings. The topological polar surface area (TPSA) is 65.3 Å². The van der Waals surface area contributed by atoms with Crippen LogP contribution in [-0.2, 0) is 22.2 Å². The van der Waals surface area contributed by atoms with Crippen LogP contribution in [0.1, 0.15) is 24.2 Å². The number of ether oxygens (including phenoxy) is 2. The average molecular weight is 369 g/mol. The second-order valence-corrected chi connectivity index (χ2v) is 6.44. The highest BCUT2D eigenvalue weighted by atomic mass is 19.4. The molecule has 26 heavy (non-hydrogen) atoms. The maximum absolute atomic E-state index is 12.7. The third-order valence-electron chi connectivity index (χ3n) is 4.77. The number of hydrogen-bond acceptors (Lipinski definition) is 6. The molecule has 0 N–H and O–H groups in total. The second-order valence-electron chi connectivity index (χ2n) is 6.44. The van der Waals surface area contributed by atoms with Crippen molar-refractivity contribution in [2.75, 3.05) is 26.3 Å². The second kappa shape index (κ2) is 6.60. The van der Waals surface area contributed by atoms with Crippen LogP contribution < -0.4 is 0 Å². The zero-order valence-electron chi connectivity index (χ0n) is 13.9. The van der Waals surface area contributed by atoms with E-state index in [-0.39, 0.29) is 0 Å². The summed E-state index contributed by atoms with van der Waals surface area (Å²) in [5.74, 6) is 0.129. The fourth-order valence-electron chi connectivity index (χ4n) is 3.33. The molecule has 7 nitrogen and oxygen atoms in total. The van der Waals surface area contributed by atoms with E-state index in [0.717, 1.165) is 38.1 Å². The molecule has 0 aliphatic carbocycles. The Labute approximate surface area is 147 Å². The van der Waals surface area contributed by atoms with Crippen molar-refractivity contribution in [3.63, 3.8) is 0 Å². The van der Waals surface area contributed by atoms with E-state index in [1.807, 2.05) is 0 Å². The predicted molar refractivity (Wildman–Crippen MR) is 83.3 cm³/mol. The number of aromatic nitrogens is 4. The molecule has 10 heteroatoms. The standard InChI is InChI=1S/C16H18F3N5O2/c17-16(18,19)12-1-3-13(4-2-12)24-14(20-21-22-24)11-23-7-5-15(6-8-23)25-9-10-26-15/h1-4H,5-11H2. The summed E-state index contributed by atoms with van der Waals surface area (Å²) in [5.41, 5.74) is -0.206. The zero-order valence-corrected chi connectivity index (χ0v) is 13.9. The minimum Gasteiger partial charge on any atom is -0.347 e. The number of nitrogens with zero attached hydrogens (tertiary/aromatic N) is 5. The Balaban J connectivity index is 1.44. The van der Waals surface area contributed by atoms with Crippen molar-refractivity contribution in [3.05, 3.63) is 35.7 Å². The fraction of sp³-hybridized carbons (Fsp3) is 0.562. The monoisotopic (exact) mass is 369 g/mol. The number of benzene rings is 1. The van der Waals surface area contributed by atoms with Crippen LogP contribution in [0.25, 0.3) is 5.69 Å². The molecule has 2 saturated heterocycles. The van der Waals surface area contributed by atoms with Crippen molar-refractivity contribution >= 4 is 0 Å². The Morgan fingerprint density at radius 2 is 1.69 bits per heavy atom. The first-order chi connectivity index (χ1) is 12.5. The number of likely N-dealkylation sites (tertiary alicyclic amines) is 1. The highest BCUT2D eigenvalue weighted by Gasteiger charge is 2.40. The minimum absolute atomic E-state index is 0.449. The number of alkyl halides is 3. The van der Waals surface area contributed by atoms with Crippen LogP contribution in [0.2, 0.25) is 0 Å². The van der Waals surface area contributed by atoms with Gasteiger partial charge in [0.25, 0.3) is 0 Å². The summed E-state index contributed by atoms with van der Waals surface area (Å²) in [6.45, 7) is 3.32. The van der Waals surface area contributed by atoms with E-state index in [2.05, 4.69) is 20.4 Å². The lowest BCUT2D eigenvalue weighted by atomic mass is 10.0. The van der Waals surface area contributed by atoms with E-state index >= 15 is 0 Å². The van der Waals surface area contributed by atoms with Crippen molar-refractivity contribution in [1.29, 1.82) is 0 Å². The van der Waals surface area contributed by atoms with E-state index < -0.39 is 17.5 Å². The molecule has 0 saturated carbocycles. The van der Waals surface area contributed by atoms with Crippen molar-refractivity contribution < 1.29 is 22.6 Å². The molecule has 0 bridgehead atoms. The van der Waals surface area contributed by atoms with Gasteiger partial charge in [0.1, 0.15) is 0 Å². The molecule has 0 amide bonds. The largest absolute Gasteiger partial charge is 0.416 e. The van der Waals surface area contributed by atoms with E-state index in [1.165, 1.54) is 16.8 Å². The Kier molecular flexibility index (Phi) is 4.41. The van der Waals surface area contributed by atoms with Gasteiger partial charge in [0.15, 0.2) is 11.6 Å². The maximum Gasteiger partial charge on any atom is 0.416 e. The van der Waals surface area contributed by atoms with Gasteiger partial charge in [-0.1, -0.05) is 0 Å². The van der Waals surface area contributed by atoms with E-state index in [9.17, 15) is 13.2 Å². The molecule has 0 atom stereocenters. The van der Waals surface area contributed by atoms with Crippen LogP contribution >= 0.6 is 0 Å². The molecule has 0 radical (unpaired) electrons. The molecule has 0 unspecified atom stereocenters. The summed E-state index contributed by atoms with van der Waals surface area (Å²) in [4.78, 5) is 2.18. The van der Waals surface area contributed by atoms with Crippen LogP contribution in [0, 0.1) is 0 Å². The molecule has 140 valence electrons. The van der Waals surface area contributed by atoms with Crippen molar-refractivity contribution in [2.24, 2.45) is 0 Å². The van der Waals surface area contributed by atoms with Gasteiger partial charge in [0.2, 0.25) is 0 Å². The van der Waals surface area contributed by atoms with Gasteiger partial charge in [0, 0.05) is 25.9 Å². The first kappa shape index (κ1) is 17.4. The van der Waals surface area contributed by atoms with Gasteiger partial charge in [-0.05, 0) is 34.7 Å². The number of tetrazole rings is 1. The summed E-state index contributed by atoms with van der Waals surface area (Å²) in [7, 11) is 0. The third kappa shape index (κ3) is 3.44. The molecule has 2 aromatic rings. The SMILES string of the molecule is FC(F)(F)c1ccc(-n2nnnc2CN2CCC3(CC2)OCCO3)cc1. The zero-order chi connectivity index (χ0) is 18.2. The molecular formula is C16H18F3N5O2. The van der Waals surface area contributed by atoms with Crippen molar-refractivity contribution in [1.82, 2.24) is 25.1 Å². The molecule has 2 aliphatic rings. The lowest BCUT2D eigenvalue weighted by Crippen LogP contribution is -2.45. The van der Waals surface area contributed by atoms with E-state index in [1.54, 1.807) is 0 Å². The van der Waals surface area contributed by atoms with Crippen LogP contribution in [0.5, 0.6) is 0 Å². The Morgan fingerprint density at radius 1 is 1.04 bits per heavy atom. The van der Waals surface area contributed by atoms with Crippen LogP contribution in [0.4, 0.5) is 13.2 Å². The van der Waals surface area contributed by atoms with Gasteiger partial charge in [-0.25, -0.2) is 0 Å². The van der Waals surface area contributed by atoms with Crippen LogP contribution in [0.3, 0.4) is 0 Å². The number of piperidine rings is 1. The van der Waals surface area contributed by atoms with Crippen molar-refractivity contribution in [2.45, 2.75) is 31.3 Å². The molecular weight excluding hydrogens is 351 g/mol.